The minimum absolute atomic E-state index is 0.0118. The highest BCUT2D eigenvalue weighted by atomic mass is 35.5. The minimum Gasteiger partial charge on any atom is -0.380 e. The maximum Gasteiger partial charge on any atom is 0.318 e. The van der Waals surface area contributed by atoms with Crippen LogP contribution < -0.4 is 10.2 Å². The first kappa shape index (κ1) is 30.4. The summed E-state index contributed by atoms with van der Waals surface area (Å²) >= 11 is 8.33. The van der Waals surface area contributed by atoms with E-state index in [0.717, 1.165) is 50.9 Å². The van der Waals surface area contributed by atoms with E-state index in [4.69, 9.17) is 16.3 Å². The zero-order chi connectivity index (χ0) is 29.9. The molecule has 1 N–H and O–H groups in total. The van der Waals surface area contributed by atoms with Gasteiger partial charge in [0.15, 0.2) is 0 Å². The Kier molecular flexibility index (Phi) is 9.57. The van der Waals surface area contributed by atoms with Gasteiger partial charge in [-0.25, -0.2) is 4.79 Å². The van der Waals surface area contributed by atoms with Crippen LogP contribution in [-0.2, 0) is 22.5 Å². The van der Waals surface area contributed by atoms with Gasteiger partial charge in [0.1, 0.15) is 6.04 Å². The van der Waals surface area contributed by atoms with Crippen molar-refractivity contribution in [2.45, 2.75) is 76.1 Å². The number of methoxy groups -OCH3 is 1. The second-order valence-electron chi connectivity index (χ2n) is 12.2. The van der Waals surface area contributed by atoms with E-state index in [0.29, 0.717) is 41.7 Å². The average Bonchev–Trinajstić information content (AvgIpc) is 3.80. The van der Waals surface area contributed by atoms with Gasteiger partial charge in [-0.05, 0) is 87.2 Å². The summed E-state index contributed by atoms with van der Waals surface area (Å²) in [6, 6.07) is 7.01. The molecule has 2 atom stereocenters. The molecule has 4 aliphatic heterocycles. The molecule has 4 aliphatic rings. The Labute approximate surface area is 263 Å². The number of piperidine rings is 1. The largest absolute Gasteiger partial charge is 0.380 e. The van der Waals surface area contributed by atoms with Gasteiger partial charge in [-0.1, -0.05) is 17.7 Å². The molecule has 0 bridgehead atoms. The first-order valence-corrected chi connectivity index (χ1v) is 17.0. The third kappa shape index (κ3) is 6.57. The molecule has 0 saturated carbocycles. The van der Waals surface area contributed by atoms with E-state index >= 15 is 0 Å². The van der Waals surface area contributed by atoms with Crippen molar-refractivity contribution in [2.75, 3.05) is 51.3 Å². The zero-order valence-corrected chi connectivity index (χ0v) is 26.5. The lowest BCUT2D eigenvalue weighted by atomic mass is 10.0. The number of urea groups is 1. The maximum absolute atomic E-state index is 13.6. The number of nitrogens with one attached hydrogen (secondary N) is 1. The molecule has 0 spiro atoms. The summed E-state index contributed by atoms with van der Waals surface area (Å²) < 4.78 is 5.58. The third-order valence-corrected chi connectivity index (χ3v) is 10.9. The highest BCUT2D eigenvalue weighted by Crippen LogP contribution is 2.33. The number of hydrogen-bond acceptors (Lipinski definition) is 6. The first-order valence-electron chi connectivity index (χ1n) is 15.7. The Morgan fingerprint density at radius 1 is 1.02 bits per heavy atom. The molecule has 2 aromatic rings. The van der Waals surface area contributed by atoms with E-state index in [9.17, 15) is 14.4 Å². The van der Waals surface area contributed by atoms with Gasteiger partial charge in [0.05, 0.1) is 11.8 Å². The molecule has 1 aromatic carbocycles. The molecule has 9 nitrogen and oxygen atoms in total. The number of anilines is 1. The Morgan fingerprint density at radius 2 is 1.79 bits per heavy atom. The van der Waals surface area contributed by atoms with E-state index in [-0.39, 0.29) is 30.5 Å². The predicted molar refractivity (Wildman–Crippen MR) is 169 cm³/mol. The van der Waals surface area contributed by atoms with Crippen LogP contribution in [0.15, 0.2) is 29.6 Å². The van der Waals surface area contributed by atoms with Gasteiger partial charge < -0.3 is 29.7 Å². The predicted octanol–water partition coefficient (Wildman–Crippen LogP) is 4.77. The molecule has 1 aromatic heterocycles. The second-order valence-corrected chi connectivity index (χ2v) is 13.6. The zero-order valence-electron chi connectivity index (χ0n) is 24.9. The van der Waals surface area contributed by atoms with Crippen LogP contribution in [0.3, 0.4) is 0 Å². The summed E-state index contributed by atoms with van der Waals surface area (Å²) in [6.07, 6.45) is 7.87. The van der Waals surface area contributed by atoms with E-state index in [1.807, 2.05) is 21.2 Å². The van der Waals surface area contributed by atoms with Gasteiger partial charge in [-0.2, -0.15) is 0 Å². The van der Waals surface area contributed by atoms with Crippen molar-refractivity contribution in [1.82, 2.24) is 20.0 Å². The Hall–Kier alpha value is -2.66. The van der Waals surface area contributed by atoms with Gasteiger partial charge in [0.25, 0.3) is 5.91 Å². The summed E-state index contributed by atoms with van der Waals surface area (Å²) in [5.41, 5.74) is 2.24. The Bertz CT molecular complexity index is 1320. The quantitative estimate of drug-likeness (QED) is 0.499. The fourth-order valence-corrected chi connectivity index (χ4v) is 8.27. The van der Waals surface area contributed by atoms with Gasteiger partial charge in [0, 0.05) is 67.8 Å². The molecule has 43 heavy (non-hydrogen) atoms. The van der Waals surface area contributed by atoms with Crippen LogP contribution in [0.1, 0.15) is 65.7 Å². The van der Waals surface area contributed by atoms with Crippen LogP contribution in [-0.4, -0.2) is 97.1 Å². The van der Waals surface area contributed by atoms with Crippen molar-refractivity contribution in [2.24, 2.45) is 0 Å². The van der Waals surface area contributed by atoms with E-state index in [2.05, 4.69) is 10.2 Å². The lowest BCUT2D eigenvalue weighted by molar-refractivity contribution is -0.136. The Morgan fingerprint density at radius 3 is 2.53 bits per heavy atom. The van der Waals surface area contributed by atoms with E-state index in [1.54, 1.807) is 41.5 Å². The highest BCUT2D eigenvalue weighted by Gasteiger charge is 2.42. The molecular formula is C32H42ClN5O4S. The molecule has 0 aliphatic carbocycles. The van der Waals surface area contributed by atoms with Gasteiger partial charge in [0.2, 0.25) is 5.91 Å². The number of nitrogens with zero attached hydrogens (tertiary/aromatic N) is 4. The summed E-state index contributed by atoms with van der Waals surface area (Å²) in [7, 11) is 1.63. The normalized spacial score (nSPS) is 23.3. The molecule has 3 fully saturated rings. The highest BCUT2D eigenvalue weighted by molar-refractivity contribution is 7.10. The number of halogens is 1. The SMILES string of the molecule is COC1C[C@@H](C(=O)N2CCC(N3CCCC3)CC2)N(C(=O)NCc2ccc(C(=O)N3CCCCc4sccc43)cc2Cl)C1. The maximum atomic E-state index is 13.6. The number of carbonyl (C=O) groups is 3. The number of benzene rings is 1. The lowest BCUT2D eigenvalue weighted by Gasteiger charge is -2.38. The fourth-order valence-electron chi connectivity index (χ4n) is 7.10. The van der Waals surface area contributed by atoms with Gasteiger partial charge in [-0.3, -0.25) is 9.59 Å². The van der Waals surface area contributed by atoms with Crippen molar-refractivity contribution in [1.29, 1.82) is 0 Å². The standard InChI is InChI=1S/C32H42ClN5O4S/c1-42-25-19-28(31(40)36-15-9-24(10-16-36)35-12-4-5-13-35)38(21-25)32(41)34-20-23-8-7-22(18-26(23)33)30(39)37-14-3-2-6-29-27(37)11-17-43-29/h7-8,11,17-18,24-25,28H,2-6,9-10,12-16,19-21H2,1H3,(H,34,41)/t25?,28-/m0/s1. The average molecular weight is 628 g/mol. The summed E-state index contributed by atoms with van der Waals surface area (Å²) in [6.45, 7) is 5.05. The van der Waals surface area contributed by atoms with Crippen LogP contribution in [0.5, 0.6) is 0 Å². The first-order chi connectivity index (χ1) is 20.9. The number of ether oxygens (including phenoxy) is 1. The molecule has 11 heteroatoms. The summed E-state index contributed by atoms with van der Waals surface area (Å²) in [5, 5.41) is 5.43. The Balaban J connectivity index is 1.06. The molecule has 0 radical (unpaired) electrons. The van der Waals surface area contributed by atoms with Crippen LogP contribution in [0, 0.1) is 0 Å². The van der Waals surface area contributed by atoms with Crippen molar-refractivity contribution >= 4 is 46.5 Å². The number of amides is 4. The molecule has 3 saturated heterocycles. The van der Waals surface area contributed by atoms with Crippen LogP contribution in [0.4, 0.5) is 10.5 Å². The number of fused-ring (bicyclic) bond motifs is 1. The molecule has 6 rings (SSSR count). The van der Waals surface area contributed by atoms with Crippen molar-refractivity contribution in [3.05, 3.63) is 50.7 Å². The van der Waals surface area contributed by atoms with Crippen LogP contribution in [0.25, 0.3) is 0 Å². The third-order valence-electron chi connectivity index (χ3n) is 9.60. The molecular weight excluding hydrogens is 586 g/mol. The number of carbonyl (C=O) groups excluding carboxylic acids is 3. The molecule has 232 valence electrons. The number of thiophene rings is 1. The minimum atomic E-state index is -0.542. The van der Waals surface area contributed by atoms with E-state index in [1.165, 1.54) is 30.8 Å². The molecule has 5 heterocycles. The lowest BCUT2D eigenvalue weighted by Crippen LogP contribution is -2.53. The number of hydrogen-bond donors (Lipinski definition) is 1. The second kappa shape index (κ2) is 13.5. The summed E-state index contributed by atoms with van der Waals surface area (Å²) in [4.78, 5) is 49.7. The van der Waals surface area contributed by atoms with Crippen molar-refractivity contribution in [3.8, 4) is 0 Å². The molecule has 1 unspecified atom stereocenters. The van der Waals surface area contributed by atoms with E-state index < -0.39 is 6.04 Å². The van der Waals surface area contributed by atoms with Gasteiger partial charge >= 0.3 is 6.03 Å². The number of aryl methyl sites for hydroxylation is 1. The van der Waals surface area contributed by atoms with Gasteiger partial charge in [-0.15, -0.1) is 11.3 Å². The molecule has 4 amide bonds. The smallest absolute Gasteiger partial charge is 0.318 e. The van der Waals surface area contributed by atoms with Crippen LogP contribution in [0.2, 0.25) is 5.02 Å². The van der Waals surface area contributed by atoms with Crippen molar-refractivity contribution in [3.63, 3.8) is 0 Å². The monoisotopic (exact) mass is 627 g/mol. The van der Waals surface area contributed by atoms with Crippen LogP contribution >= 0.6 is 22.9 Å². The fraction of sp³-hybridized carbons (Fsp3) is 0.594. The topological polar surface area (TPSA) is 85.4 Å². The number of likely N-dealkylation sites (tertiary alicyclic amines) is 3. The summed E-state index contributed by atoms with van der Waals surface area (Å²) in [5.74, 6) is -0.0507. The number of rotatable bonds is 6. The van der Waals surface area contributed by atoms with Crippen molar-refractivity contribution < 1.29 is 19.1 Å².